The molecule has 4 amide bonds. The number of aromatic nitrogens is 1. The Balaban J connectivity index is 1.29. The third-order valence-corrected chi connectivity index (χ3v) is 9.65. The number of carbonyl (C=O) groups excluding carboxylic acids is 5. The summed E-state index contributed by atoms with van der Waals surface area (Å²) in [6.45, 7) is 10.1. The summed E-state index contributed by atoms with van der Waals surface area (Å²) >= 11 is 0. The Hall–Kier alpha value is -4.84. The molecule has 3 heterocycles. The summed E-state index contributed by atoms with van der Waals surface area (Å²) in [5.74, 6) is -0.999. The molecule has 0 spiro atoms. The van der Waals surface area contributed by atoms with Gasteiger partial charge in [-0.05, 0) is 49.7 Å². The molecule has 12 heteroatoms. The van der Waals surface area contributed by atoms with Gasteiger partial charge in [0.2, 0.25) is 23.6 Å². The van der Waals surface area contributed by atoms with E-state index in [1.54, 1.807) is 13.0 Å². The van der Waals surface area contributed by atoms with Crippen LogP contribution >= 0.6 is 0 Å². The van der Waals surface area contributed by atoms with E-state index < -0.39 is 53.4 Å². The number of amides is 4. The zero-order valence-corrected chi connectivity index (χ0v) is 30.7. The average Bonchev–Trinajstić information content (AvgIpc) is 3.52. The molecule has 12 nitrogen and oxygen atoms in total. The molecule has 2 fully saturated rings. The molecule has 1 unspecified atom stereocenters. The minimum absolute atomic E-state index is 0.0661. The van der Waals surface area contributed by atoms with Crippen LogP contribution in [0.15, 0.2) is 71.3 Å². The van der Waals surface area contributed by atoms with Crippen molar-refractivity contribution in [2.45, 2.75) is 109 Å². The first-order valence-corrected chi connectivity index (χ1v) is 18.2. The van der Waals surface area contributed by atoms with Gasteiger partial charge in [-0.2, -0.15) is 0 Å². The van der Waals surface area contributed by atoms with E-state index in [9.17, 15) is 24.0 Å². The fourth-order valence-electron chi connectivity index (χ4n) is 6.51. The summed E-state index contributed by atoms with van der Waals surface area (Å²) in [6.07, 6.45) is 1.69. The largest absolute Gasteiger partial charge is 0.361 e. The van der Waals surface area contributed by atoms with Gasteiger partial charge in [0, 0.05) is 24.9 Å². The summed E-state index contributed by atoms with van der Waals surface area (Å²) in [5, 5.41) is 12.7. The highest BCUT2D eigenvalue weighted by Crippen LogP contribution is 2.30. The van der Waals surface area contributed by atoms with Crippen molar-refractivity contribution in [2.24, 2.45) is 5.92 Å². The number of hydrogen-bond acceptors (Lipinski definition) is 8. The van der Waals surface area contributed by atoms with Gasteiger partial charge in [0.15, 0.2) is 5.78 Å². The van der Waals surface area contributed by atoms with Crippen molar-refractivity contribution in [1.29, 1.82) is 0 Å². The minimum atomic E-state index is -0.928. The quantitative estimate of drug-likeness (QED) is 0.168. The summed E-state index contributed by atoms with van der Waals surface area (Å²) in [5.41, 5.74) is 1.40. The number of Topliss-reactive ketones (excluding diaryl/α,β-unsaturated/α-hetero) is 1. The van der Waals surface area contributed by atoms with E-state index in [-0.39, 0.29) is 43.4 Å². The molecule has 0 aliphatic carbocycles. The number of ether oxygens (including phenoxy) is 1. The smallest absolute Gasteiger partial charge is 0.245 e. The topological polar surface area (TPSA) is 163 Å². The van der Waals surface area contributed by atoms with Crippen LogP contribution in [0.1, 0.15) is 82.4 Å². The minimum Gasteiger partial charge on any atom is -0.361 e. The van der Waals surface area contributed by atoms with Gasteiger partial charge in [-0.15, -0.1) is 0 Å². The molecular weight excluding hydrogens is 662 g/mol. The maximum absolute atomic E-state index is 14.0. The highest BCUT2D eigenvalue weighted by molar-refractivity contribution is 5.99. The summed E-state index contributed by atoms with van der Waals surface area (Å²) in [7, 11) is 0. The second-order valence-electron chi connectivity index (χ2n) is 14.9. The van der Waals surface area contributed by atoms with E-state index in [1.165, 1.54) is 4.90 Å². The lowest BCUT2D eigenvalue weighted by Crippen LogP contribution is -2.56. The molecular formula is C40H51N5O7. The van der Waals surface area contributed by atoms with Gasteiger partial charge in [-0.3, -0.25) is 24.0 Å². The van der Waals surface area contributed by atoms with Crippen LogP contribution in [-0.4, -0.2) is 82.4 Å². The van der Waals surface area contributed by atoms with E-state index in [0.717, 1.165) is 11.1 Å². The van der Waals surface area contributed by atoms with Gasteiger partial charge in [-0.1, -0.05) is 93.5 Å². The average molecular weight is 714 g/mol. The molecule has 2 aromatic carbocycles. The Kier molecular flexibility index (Phi) is 12.6. The number of aryl methyl sites for hydroxylation is 1. The first-order valence-electron chi connectivity index (χ1n) is 18.2. The number of nitrogens with one attached hydrogen (secondary N) is 3. The number of hydrogen-bond donors (Lipinski definition) is 3. The van der Waals surface area contributed by atoms with Crippen LogP contribution in [0.25, 0.3) is 0 Å². The predicted octanol–water partition coefficient (Wildman–Crippen LogP) is 3.68. The second kappa shape index (κ2) is 17.1. The van der Waals surface area contributed by atoms with Crippen molar-refractivity contribution in [2.75, 3.05) is 13.2 Å². The van der Waals surface area contributed by atoms with Crippen LogP contribution in [0, 0.1) is 5.92 Å². The highest BCUT2D eigenvalue weighted by atomic mass is 16.6. The molecule has 52 heavy (non-hydrogen) atoms. The summed E-state index contributed by atoms with van der Waals surface area (Å²) in [6, 6.07) is 17.2. The molecule has 3 N–H and O–H groups in total. The number of benzene rings is 2. The normalized spacial score (nSPS) is 20.0. The van der Waals surface area contributed by atoms with Crippen LogP contribution in [0.4, 0.5) is 0 Å². The molecule has 2 aliphatic heterocycles. The Morgan fingerprint density at radius 1 is 0.923 bits per heavy atom. The van der Waals surface area contributed by atoms with Crippen molar-refractivity contribution in [3.05, 3.63) is 89.3 Å². The molecule has 278 valence electrons. The Morgan fingerprint density at radius 2 is 1.58 bits per heavy atom. The highest BCUT2D eigenvalue weighted by Gasteiger charge is 2.50. The Labute approximate surface area is 305 Å². The zero-order chi connectivity index (χ0) is 37.4. The summed E-state index contributed by atoms with van der Waals surface area (Å²) < 4.78 is 10.7. The first kappa shape index (κ1) is 38.4. The van der Waals surface area contributed by atoms with E-state index in [1.807, 2.05) is 88.4 Å². The van der Waals surface area contributed by atoms with Gasteiger partial charge in [0.25, 0.3) is 0 Å². The van der Waals surface area contributed by atoms with Crippen molar-refractivity contribution in [3.8, 4) is 0 Å². The fourth-order valence-corrected chi connectivity index (χ4v) is 6.51. The van der Waals surface area contributed by atoms with Crippen LogP contribution in [-0.2, 0) is 48.0 Å². The number of nitrogens with zero attached hydrogens (tertiary/aromatic N) is 2. The molecule has 0 saturated carbocycles. The molecule has 0 bridgehead atoms. The van der Waals surface area contributed by atoms with Crippen molar-refractivity contribution in [3.63, 3.8) is 0 Å². The zero-order valence-electron chi connectivity index (χ0n) is 30.7. The number of rotatable bonds is 18. The van der Waals surface area contributed by atoms with Crippen LogP contribution in [0.5, 0.6) is 0 Å². The molecule has 2 saturated heterocycles. The van der Waals surface area contributed by atoms with Crippen molar-refractivity contribution >= 4 is 29.4 Å². The standard InChI is InChI=1S/C40H51N5O7/c1-25(2)20-32(36(47)40(5)24-51-40)43-38(49)33(21-28-14-10-7-11-15-28)45-19-18-31(39(45)50)42-37(48)30(17-16-27-12-8-6-9-13-27)41-35(46)23-29-22-34(26(3)4)52-44-29/h6-15,22,25-26,30-33H,16-21,23-24H2,1-5H3,(H,41,46)(H,42,48)(H,43,49)/t30-,31-,32-,33-,40?/m0/s1. The Bertz CT molecular complexity index is 1700. The van der Waals surface area contributed by atoms with Gasteiger partial charge in [-0.25, -0.2) is 0 Å². The van der Waals surface area contributed by atoms with Crippen molar-refractivity contribution < 1.29 is 33.2 Å². The lowest BCUT2D eigenvalue weighted by atomic mass is 9.93. The van der Waals surface area contributed by atoms with E-state index >= 15 is 0 Å². The van der Waals surface area contributed by atoms with Crippen molar-refractivity contribution in [1.82, 2.24) is 26.0 Å². The molecule has 5 atom stereocenters. The van der Waals surface area contributed by atoms with E-state index in [0.29, 0.717) is 37.3 Å². The van der Waals surface area contributed by atoms with Gasteiger partial charge < -0.3 is 30.1 Å². The lowest BCUT2D eigenvalue weighted by Gasteiger charge is -2.30. The van der Waals surface area contributed by atoms with Gasteiger partial charge in [0.05, 0.1) is 24.8 Å². The van der Waals surface area contributed by atoms with Gasteiger partial charge >= 0.3 is 0 Å². The summed E-state index contributed by atoms with van der Waals surface area (Å²) in [4.78, 5) is 69.9. The third kappa shape index (κ3) is 10.1. The fraction of sp³-hybridized carbons (Fsp3) is 0.500. The first-order chi connectivity index (χ1) is 24.8. The number of epoxide rings is 1. The molecule has 2 aliphatic rings. The molecule has 3 aromatic rings. The number of likely N-dealkylation sites (tertiary alicyclic amines) is 1. The number of carbonyl (C=O) groups is 5. The van der Waals surface area contributed by atoms with Crippen LogP contribution in [0.2, 0.25) is 0 Å². The number of ketones is 1. The van der Waals surface area contributed by atoms with Crippen LogP contribution < -0.4 is 16.0 Å². The third-order valence-electron chi connectivity index (χ3n) is 9.65. The maximum Gasteiger partial charge on any atom is 0.245 e. The predicted molar refractivity (Wildman–Crippen MR) is 194 cm³/mol. The van der Waals surface area contributed by atoms with Crippen LogP contribution in [0.3, 0.4) is 0 Å². The second-order valence-corrected chi connectivity index (χ2v) is 14.9. The SMILES string of the molecule is CC(C)C[C@H](NC(=O)[C@H](Cc1ccccc1)N1CC[C@H](NC(=O)[C@H](CCc2ccccc2)NC(=O)Cc2cc(C(C)C)on2)C1=O)C(=O)C1(C)CO1. The molecule has 1 aromatic heterocycles. The Morgan fingerprint density at radius 3 is 2.17 bits per heavy atom. The lowest BCUT2D eigenvalue weighted by molar-refractivity contribution is -0.141. The molecule has 0 radical (unpaired) electrons. The van der Waals surface area contributed by atoms with Gasteiger partial charge in [0.1, 0.15) is 29.5 Å². The van der Waals surface area contributed by atoms with E-state index in [2.05, 4.69) is 21.1 Å². The molecule has 5 rings (SSSR count). The van der Waals surface area contributed by atoms with E-state index in [4.69, 9.17) is 9.26 Å². The monoisotopic (exact) mass is 713 g/mol. The maximum atomic E-state index is 14.0.